The molecule has 2 aliphatic rings. The monoisotopic (exact) mass is 348 g/mol. The third-order valence-corrected chi connectivity index (χ3v) is 6.54. The molecule has 5 nitrogen and oxygen atoms in total. The van der Waals surface area contributed by atoms with Crippen LogP contribution in [0, 0.1) is 5.92 Å². The van der Waals surface area contributed by atoms with Crippen molar-refractivity contribution in [1.29, 1.82) is 0 Å². The van der Waals surface area contributed by atoms with Gasteiger partial charge in [-0.05, 0) is 37.2 Å². The molecule has 2 aromatic heterocycles. The largest absolute Gasteiger partial charge is 0.365 e. The Kier molecular flexibility index (Phi) is 4.15. The molecule has 0 bridgehead atoms. The van der Waals surface area contributed by atoms with Gasteiger partial charge in [0, 0.05) is 18.0 Å². The zero-order valence-electron chi connectivity index (χ0n) is 13.1. The van der Waals surface area contributed by atoms with Gasteiger partial charge in [-0.15, -0.1) is 11.3 Å². The number of hydrogen-bond donors (Lipinski definition) is 2. The lowest BCUT2D eigenvalue weighted by molar-refractivity contribution is 0.509. The fourth-order valence-electron chi connectivity index (χ4n) is 3.21. The number of aryl methyl sites for hydroxylation is 1. The molecule has 2 aromatic rings. The Labute approximate surface area is 143 Å². The Balaban J connectivity index is 1.62. The number of thiophene rings is 1. The van der Waals surface area contributed by atoms with E-state index in [1.54, 1.807) is 23.1 Å². The molecule has 0 saturated carbocycles. The van der Waals surface area contributed by atoms with Crippen LogP contribution in [0.3, 0.4) is 0 Å². The van der Waals surface area contributed by atoms with Crippen LogP contribution in [-0.4, -0.2) is 28.2 Å². The first-order valence-electron chi connectivity index (χ1n) is 8.15. The molecule has 0 fully saturated rings. The first-order chi connectivity index (χ1) is 11.2. The summed E-state index contributed by atoms with van der Waals surface area (Å²) in [6.07, 6.45) is 4.35. The number of thioether (sulfide) groups is 1. The number of nitrogens with one attached hydrogen (secondary N) is 2. The van der Waals surface area contributed by atoms with E-state index < -0.39 is 0 Å². The van der Waals surface area contributed by atoms with Crippen molar-refractivity contribution >= 4 is 38.5 Å². The summed E-state index contributed by atoms with van der Waals surface area (Å²) in [5.74, 6) is 2.10. The predicted octanol–water partition coefficient (Wildman–Crippen LogP) is 2.69. The van der Waals surface area contributed by atoms with E-state index >= 15 is 0 Å². The highest BCUT2D eigenvalue weighted by atomic mass is 32.2. The zero-order chi connectivity index (χ0) is 15.8. The van der Waals surface area contributed by atoms with E-state index in [0.29, 0.717) is 11.7 Å². The first-order valence-corrected chi connectivity index (χ1v) is 9.95. The molecule has 23 heavy (non-hydrogen) atoms. The maximum atomic E-state index is 12.5. The number of nitrogens with zero attached hydrogens (tertiary/aromatic N) is 2. The highest BCUT2D eigenvalue weighted by molar-refractivity contribution is 8.13. The molecule has 0 radical (unpaired) electrons. The number of H-pyrrole nitrogens is 1. The van der Waals surface area contributed by atoms with Crippen LogP contribution < -0.4 is 10.9 Å². The van der Waals surface area contributed by atoms with Crippen molar-refractivity contribution in [2.24, 2.45) is 10.9 Å². The lowest BCUT2D eigenvalue weighted by atomic mass is 9.89. The van der Waals surface area contributed by atoms with E-state index in [-0.39, 0.29) is 5.56 Å². The Morgan fingerprint density at radius 1 is 1.43 bits per heavy atom. The molecule has 7 heteroatoms. The van der Waals surface area contributed by atoms with Crippen LogP contribution in [0.5, 0.6) is 0 Å². The number of aromatic nitrogens is 2. The van der Waals surface area contributed by atoms with Gasteiger partial charge in [0.05, 0.1) is 11.1 Å². The SMILES string of the molecule is C[C@H]1CCc2c(sc3nc(CSC4=NCCCN4)[nH]c(=O)c23)C1. The average molecular weight is 348 g/mol. The Bertz CT molecular complexity index is 823. The van der Waals surface area contributed by atoms with Crippen molar-refractivity contribution in [2.45, 2.75) is 38.4 Å². The van der Waals surface area contributed by atoms with Crippen LogP contribution in [0.4, 0.5) is 0 Å². The Morgan fingerprint density at radius 2 is 2.35 bits per heavy atom. The summed E-state index contributed by atoms with van der Waals surface area (Å²) in [7, 11) is 0. The van der Waals surface area contributed by atoms with Crippen LogP contribution in [0.15, 0.2) is 9.79 Å². The van der Waals surface area contributed by atoms with Gasteiger partial charge in [0.2, 0.25) is 0 Å². The summed E-state index contributed by atoms with van der Waals surface area (Å²) in [6.45, 7) is 4.14. The maximum Gasteiger partial charge on any atom is 0.259 e. The Morgan fingerprint density at radius 3 is 3.17 bits per heavy atom. The number of aromatic amines is 1. The minimum atomic E-state index is 0.0243. The molecule has 0 saturated heterocycles. The van der Waals surface area contributed by atoms with Crippen LogP contribution in [0.2, 0.25) is 0 Å². The summed E-state index contributed by atoms with van der Waals surface area (Å²) in [6, 6.07) is 0. The van der Waals surface area contributed by atoms with Gasteiger partial charge in [-0.2, -0.15) is 0 Å². The smallest absolute Gasteiger partial charge is 0.259 e. The molecular formula is C16H20N4OS2. The number of aliphatic imine (C=N–C) groups is 1. The summed E-state index contributed by atoms with van der Waals surface area (Å²) < 4.78 is 0. The maximum absolute atomic E-state index is 12.5. The van der Waals surface area contributed by atoms with Crippen molar-refractivity contribution in [3.8, 4) is 0 Å². The van der Waals surface area contributed by atoms with Gasteiger partial charge in [-0.3, -0.25) is 9.79 Å². The third kappa shape index (κ3) is 3.04. The second kappa shape index (κ2) is 6.28. The Hall–Kier alpha value is -1.34. The molecular weight excluding hydrogens is 328 g/mol. The minimum Gasteiger partial charge on any atom is -0.365 e. The van der Waals surface area contributed by atoms with Crippen molar-refractivity contribution < 1.29 is 0 Å². The third-order valence-electron chi connectivity index (χ3n) is 4.43. The molecule has 0 aromatic carbocycles. The number of rotatable bonds is 2. The lowest BCUT2D eigenvalue weighted by Crippen LogP contribution is -2.27. The van der Waals surface area contributed by atoms with E-state index in [1.807, 2.05) is 0 Å². The molecule has 0 spiro atoms. The molecule has 1 aliphatic carbocycles. The number of fused-ring (bicyclic) bond motifs is 3. The molecule has 4 rings (SSSR count). The lowest BCUT2D eigenvalue weighted by Gasteiger charge is -2.17. The summed E-state index contributed by atoms with van der Waals surface area (Å²) in [4.78, 5) is 26.9. The highest BCUT2D eigenvalue weighted by Crippen LogP contribution is 2.35. The highest BCUT2D eigenvalue weighted by Gasteiger charge is 2.23. The topological polar surface area (TPSA) is 70.1 Å². The van der Waals surface area contributed by atoms with Crippen LogP contribution in [0.25, 0.3) is 10.2 Å². The van der Waals surface area contributed by atoms with Gasteiger partial charge in [0.15, 0.2) is 5.17 Å². The average Bonchev–Trinajstić information content (AvgIpc) is 2.91. The standard InChI is InChI=1S/C16H20N4OS2/c1-9-3-4-10-11(7-9)23-15-13(10)14(21)19-12(20-15)8-22-16-17-5-2-6-18-16/h9H,2-8H2,1H3,(H,17,18)(H,19,20,21)/t9-/m0/s1. The van der Waals surface area contributed by atoms with Gasteiger partial charge in [-0.25, -0.2) is 4.98 Å². The minimum absolute atomic E-state index is 0.0243. The van der Waals surface area contributed by atoms with Crippen molar-refractivity contribution in [2.75, 3.05) is 13.1 Å². The molecule has 3 heterocycles. The van der Waals surface area contributed by atoms with Gasteiger partial charge in [0.25, 0.3) is 5.56 Å². The second-order valence-electron chi connectivity index (χ2n) is 6.30. The van der Waals surface area contributed by atoms with E-state index in [9.17, 15) is 4.79 Å². The first kappa shape index (κ1) is 15.2. The van der Waals surface area contributed by atoms with Gasteiger partial charge in [0.1, 0.15) is 10.7 Å². The summed E-state index contributed by atoms with van der Waals surface area (Å²) in [5.41, 5.74) is 1.27. The van der Waals surface area contributed by atoms with Crippen molar-refractivity contribution in [3.63, 3.8) is 0 Å². The molecule has 0 amide bonds. The van der Waals surface area contributed by atoms with Gasteiger partial charge < -0.3 is 10.3 Å². The van der Waals surface area contributed by atoms with Crippen LogP contribution >= 0.6 is 23.1 Å². The molecule has 0 unspecified atom stereocenters. The van der Waals surface area contributed by atoms with Crippen LogP contribution in [0.1, 0.15) is 36.0 Å². The number of amidine groups is 1. The van der Waals surface area contributed by atoms with Gasteiger partial charge >= 0.3 is 0 Å². The van der Waals surface area contributed by atoms with E-state index in [4.69, 9.17) is 4.98 Å². The predicted molar refractivity (Wildman–Crippen MR) is 97.6 cm³/mol. The molecule has 1 atom stereocenters. The fraction of sp³-hybridized carbons (Fsp3) is 0.562. The van der Waals surface area contributed by atoms with E-state index in [0.717, 1.165) is 53.6 Å². The number of hydrogen-bond acceptors (Lipinski definition) is 6. The molecule has 122 valence electrons. The molecule has 1 aliphatic heterocycles. The van der Waals surface area contributed by atoms with E-state index in [1.165, 1.54) is 16.9 Å². The van der Waals surface area contributed by atoms with Gasteiger partial charge in [-0.1, -0.05) is 18.7 Å². The van der Waals surface area contributed by atoms with Crippen LogP contribution in [-0.2, 0) is 18.6 Å². The fourth-order valence-corrected chi connectivity index (χ4v) is 5.41. The quantitative estimate of drug-likeness (QED) is 0.875. The van der Waals surface area contributed by atoms with Crippen molar-refractivity contribution in [1.82, 2.24) is 15.3 Å². The summed E-state index contributed by atoms with van der Waals surface area (Å²) >= 11 is 3.32. The zero-order valence-corrected chi connectivity index (χ0v) is 14.8. The normalized spacial score (nSPS) is 20.9. The van der Waals surface area contributed by atoms with E-state index in [2.05, 4.69) is 22.2 Å². The second-order valence-corrected chi connectivity index (χ2v) is 8.35. The van der Waals surface area contributed by atoms with Crippen molar-refractivity contribution in [3.05, 3.63) is 26.6 Å². The molecule has 2 N–H and O–H groups in total. The summed E-state index contributed by atoms with van der Waals surface area (Å²) in [5, 5.41) is 5.07.